The van der Waals surface area contributed by atoms with Gasteiger partial charge in [-0.25, -0.2) is 0 Å². The van der Waals surface area contributed by atoms with Crippen LogP contribution in [0.25, 0.3) is 16.3 Å². The molecule has 18 heavy (non-hydrogen) atoms. The van der Waals surface area contributed by atoms with E-state index in [1.807, 2.05) is 6.07 Å². The average Bonchev–Trinajstić information content (AvgIpc) is 2.47. The van der Waals surface area contributed by atoms with Gasteiger partial charge in [0.1, 0.15) is 5.75 Å². The van der Waals surface area contributed by atoms with E-state index in [0.717, 1.165) is 25.3 Å². The van der Waals surface area contributed by atoms with Gasteiger partial charge in [-0.15, -0.1) is 0 Å². The second-order valence-corrected chi connectivity index (χ2v) is 4.58. The van der Waals surface area contributed by atoms with Gasteiger partial charge in [0, 0.05) is 6.54 Å². The topological polar surface area (TPSA) is 21.3 Å². The third-order valence-electron chi connectivity index (χ3n) is 3.50. The van der Waals surface area contributed by atoms with Gasteiger partial charge in [0.2, 0.25) is 0 Å². The van der Waals surface area contributed by atoms with Crippen LogP contribution in [0.15, 0.2) is 42.5 Å². The summed E-state index contributed by atoms with van der Waals surface area (Å²) in [5.41, 5.74) is 2.78. The van der Waals surface area contributed by atoms with Crippen molar-refractivity contribution in [3.63, 3.8) is 0 Å². The van der Waals surface area contributed by atoms with E-state index in [1.54, 1.807) is 7.11 Å². The molecular formula is C16H17NO. The fourth-order valence-electron chi connectivity index (χ4n) is 2.53. The number of hydrogen-bond acceptors (Lipinski definition) is 2. The van der Waals surface area contributed by atoms with E-state index in [-0.39, 0.29) is 0 Å². The van der Waals surface area contributed by atoms with E-state index in [2.05, 4.69) is 41.7 Å². The lowest BCUT2D eigenvalue weighted by Gasteiger charge is -2.16. The van der Waals surface area contributed by atoms with Crippen molar-refractivity contribution >= 4 is 16.3 Å². The van der Waals surface area contributed by atoms with E-state index in [0.29, 0.717) is 0 Å². The molecule has 0 saturated carbocycles. The number of fused-ring (bicyclic) bond motifs is 1. The first-order chi connectivity index (χ1) is 8.88. The summed E-state index contributed by atoms with van der Waals surface area (Å²) in [7, 11) is 1.72. The van der Waals surface area contributed by atoms with E-state index in [4.69, 9.17) is 4.74 Å². The molecule has 0 saturated heterocycles. The first-order valence-electron chi connectivity index (χ1n) is 6.35. The second-order valence-electron chi connectivity index (χ2n) is 4.58. The molecule has 0 fully saturated rings. The van der Waals surface area contributed by atoms with Gasteiger partial charge < -0.3 is 10.1 Å². The maximum absolute atomic E-state index is 5.33. The predicted molar refractivity (Wildman–Crippen MR) is 76.0 cm³/mol. The molecule has 2 heteroatoms. The summed E-state index contributed by atoms with van der Waals surface area (Å²) in [6, 6.07) is 12.8. The lowest BCUT2D eigenvalue weighted by Crippen LogP contribution is -2.20. The zero-order valence-electron chi connectivity index (χ0n) is 10.6. The van der Waals surface area contributed by atoms with Crippen LogP contribution in [0.1, 0.15) is 12.0 Å². The Morgan fingerprint density at radius 3 is 2.89 bits per heavy atom. The highest BCUT2D eigenvalue weighted by molar-refractivity contribution is 5.94. The minimum absolute atomic E-state index is 0.921. The highest BCUT2D eigenvalue weighted by Crippen LogP contribution is 2.30. The quantitative estimate of drug-likeness (QED) is 0.868. The largest absolute Gasteiger partial charge is 0.497 e. The minimum Gasteiger partial charge on any atom is -0.497 e. The number of nitrogens with one attached hydrogen (secondary N) is 1. The Bertz CT molecular complexity index is 601. The Morgan fingerprint density at radius 1 is 1.17 bits per heavy atom. The van der Waals surface area contributed by atoms with Gasteiger partial charge in [0.25, 0.3) is 0 Å². The molecule has 92 valence electrons. The zero-order valence-corrected chi connectivity index (χ0v) is 10.6. The van der Waals surface area contributed by atoms with Crippen molar-refractivity contribution in [2.24, 2.45) is 0 Å². The number of hydrogen-bond donors (Lipinski definition) is 1. The molecule has 0 bridgehead atoms. The molecule has 2 aromatic carbocycles. The van der Waals surface area contributed by atoms with Crippen LogP contribution in [0, 0.1) is 0 Å². The van der Waals surface area contributed by atoms with E-state index < -0.39 is 0 Å². The van der Waals surface area contributed by atoms with Gasteiger partial charge in [0.15, 0.2) is 0 Å². The Kier molecular flexibility index (Phi) is 3.03. The summed E-state index contributed by atoms with van der Waals surface area (Å²) in [6.45, 7) is 2.03. The smallest absolute Gasteiger partial charge is 0.119 e. The molecule has 0 spiro atoms. The monoisotopic (exact) mass is 239 g/mol. The fraction of sp³-hybridized carbons (Fsp3) is 0.250. The summed E-state index contributed by atoms with van der Waals surface area (Å²) in [4.78, 5) is 0. The zero-order chi connectivity index (χ0) is 12.4. The van der Waals surface area contributed by atoms with Crippen LogP contribution in [0.5, 0.6) is 5.75 Å². The summed E-state index contributed by atoms with van der Waals surface area (Å²) in [5, 5.41) is 5.91. The molecule has 2 nitrogen and oxygen atoms in total. The molecule has 0 atom stereocenters. The van der Waals surface area contributed by atoms with Crippen molar-refractivity contribution < 1.29 is 4.74 Å². The number of methoxy groups -OCH3 is 1. The highest BCUT2D eigenvalue weighted by Gasteiger charge is 2.09. The van der Waals surface area contributed by atoms with Crippen LogP contribution in [-0.4, -0.2) is 20.2 Å². The highest BCUT2D eigenvalue weighted by atomic mass is 16.5. The van der Waals surface area contributed by atoms with Crippen LogP contribution in [0.3, 0.4) is 0 Å². The summed E-state index contributed by atoms with van der Waals surface area (Å²) < 4.78 is 5.33. The van der Waals surface area contributed by atoms with E-state index >= 15 is 0 Å². The van der Waals surface area contributed by atoms with Gasteiger partial charge in [-0.2, -0.15) is 0 Å². The Morgan fingerprint density at radius 2 is 2.11 bits per heavy atom. The maximum atomic E-state index is 5.33. The van der Waals surface area contributed by atoms with Crippen LogP contribution in [0.4, 0.5) is 0 Å². The van der Waals surface area contributed by atoms with Crippen molar-refractivity contribution in [2.45, 2.75) is 6.42 Å². The van der Waals surface area contributed by atoms with E-state index in [1.165, 1.54) is 21.9 Å². The van der Waals surface area contributed by atoms with Crippen LogP contribution >= 0.6 is 0 Å². The minimum atomic E-state index is 0.921. The lowest BCUT2D eigenvalue weighted by molar-refractivity contribution is 0.415. The Labute approximate surface area is 107 Å². The van der Waals surface area contributed by atoms with Crippen molar-refractivity contribution in [2.75, 3.05) is 20.2 Å². The van der Waals surface area contributed by atoms with Crippen LogP contribution in [-0.2, 0) is 0 Å². The lowest BCUT2D eigenvalue weighted by atomic mass is 9.94. The molecule has 1 aliphatic rings. The molecule has 0 amide bonds. The Hall–Kier alpha value is -1.80. The summed E-state index contributed by atoms with van der Waals surface area (Å²) in [5.74, 6) is 0.921. The molecule has 0 unspecified atom stereocenters. The van der Waals surface area contributed by atoms with Crippen molar-refractivity contribution in [3.8, 4) is 5.75 Å². The molecule has 1 aliphatic heterocycles. The predicted octanol–water partition coefficient (Wildman–Crippen LogP) is 3.23. The standard InChI is InChI=1S/C16H17NO/c1-18-14-6-5-12-3-2-4-15(16(12)11-14)13-7-9-17-10-8-13/h2-7,11,17H,8-10H2,1H3. The van der Waals surface area contributed by atoms with Crippen LogP contribution in [0.2, 0.25) is 0 Å². The van der Waals surface area contributed by atoms with Crippen molar-refractivity contribution in [1.82, 2.24) is 5.32 Å². The molecule has 1 heterocycles. The SMILES string of the molecule is COc1ccc2cccc(C3=CCNCC3)c2c1. The first kappa shape index (κ1) is 11.3. The summed E-state index contributed by atoms with van der Waals surface area (Å²) in [6.07, 6.45) is 3.38. The van der Waals surface area contributed by atoms with Crippen molar-refractivity contribution in [3.05, 3.63) is 48.0 Å². The van der Waals surface area contributed by atoms with Gasteiger partial charge in [0.05, 0.1) is 7.11 Å². The number of benzene rings is 2. The Balaban J connectivity index is 2.18. The molecular weight excluding hydrogens is 222 g/mol. The van der Waals surface area contributed by atoms with Gasteiger partial charge >= 0.3 is 0 Å². The molecule has 3 rings (SSSR count). The van der Waals surface area contributed by atoms with Gasteiger partial charge in [-0.3, -0.25) is 0 Å². The fourth-order valence-corrected chi connectivity index (χ4v) is 2.53. The molecule has 0 radical (unpaired) electrons. The number of ether oxygens (including phenoxy) is 1. The normalized spacial score (nSPS) is 15.5. The van der Waals surface area contributed by atoms with E-state index in [9.17, 15) is 0 Å². The molecule has 0 aliphatic carbocycles. The molecule has 0 aromatic heterocycles. The molecule has 1 N–H and O–H groups in total. The number of rotatable bonds is 2. The second kappa shape index (κ2) is 4.83. The third-order valence-corrected chi connectivity index (χ3v) is 3.50. The third kappa shape index (κ3) is 2.00. The average molecular weight is 239 g/mol. The summed E-state index contributed by atoms with van der Waals surface area (Å²) >= 11 is 0. The van der Waals surface area contributed by atoms with Gasteiger partial charge in [-0.1, -0.05) is 30.3 Å². The first-order valence-corrected chi connectivity index (χ1v) is 6.35. The van der Waals surface area contributed by atoms with Crippen molar-refractivity contribution in [1.29, 1.82) is 0 Å². The maximum Gasteiger partial charge on any atom is 0.119 e. The van der Waals surface area contributed by atoms with Gasteiger partial charge in [-0.05, 0) is 47.0 Å². The van der Waals surface area contributed by atoms with Crippen LogP contribution < -0.4 is 10.1 Å². The molecule has 2 aromatic rings.